The molecule has 4 aliphatic carbocycles. The molecule has 4 heterocycles. The van der Waals surface area contributed by atoms with E-state index < -0.39 is 0 Å². The van der Waals surface area contributed by atoms with E-state index in [1.165, 1.54) is 6.42 Å². The number of hydrogen-bond acceptors (Lipinski definition) is 6. The molecule has 4 saturated carbocycles. The summed E-state index contributed by atoms with van der Waals surface area (Å²) >= 11 is 6.08. The van der Waals surface area contributed by atoms with Crippen molar-refractivity contribution >= 4 is 28.3 Å². The molecule has 4 bridgehead atoms. The van der Waals surface area contributed by atoms with Crippen molar-refractivity contribution in [3.63, 3.8) is 0 Å². The Kier molecular flexibility index (Phi) is 2.88. The number of aromatic nitrogens is 9. The molecule has 0 aromatic carbocycles. The van der Waals surface area contributed by atoms with Gasteiger partial charge in [0.25, 0.3) is 0 Å². The molecule has 9 nitrogen and oxygen atoms in total. The maximum Gasteiger partial charge on any atom is 0.242 e. The van der Waals surface area contributed by atoms with Gasteiger partial charge in [0.1, 0.15) is 12.7 Å². The Balaban J connectivity index is 1.40. The standard InChI is InChI=1S/C19H20ClN9/c1-27-14-13(7-23-27)15-24-16(25-28(15)9-21-14)18-3-11-2-12(4-18)6-19(5-11,8-18)29-10-22-17(20)26-29/h7,9-12H,2-6,8H2,1H3/t11-,12+,18?,19?. The van der Waals surface area contributed by atoms with Gasteiger partial charge >= 0.3 is 0 Å². The van der Waals surface area contributed by atoms with E-state index in [9.17, 15) is 0 Å². The van der Waals surface area contributed by atoms with Crippen LogP contribution in [-0.2, 0) is 18.0 Å². The monoisotopic (exact) mass is 409 g/mol. The van der Waals surface area contributed by atoms with Gasteiger partial charge in [0, 0.05) is 12.5 Å². The van der Waals surface area contributed by atoms with E-state index in [4.69, 9.17) is 21.7 Å². The van der Waals surface area contributed by atoms with Crippen molar-refractivity contribution in [1.82, 2.24) is 44.1 Å². The minimum Gasteiger partial charge on any atom is -0.250 e. The molecule has 0 saturated heterocycles. The van der Waals surface area contributed by atoms with Crippen LogP contribution in [0.3, 0.4) is 0 Å². The van der Waals surface area contributed by atoms with Gasteiger partial charge < -0.3 is 0 Å². The third-order valence-electron chi connectivity index (χ3n) is 7.52. The SMILES string of the molecule is Cn1ncc2c1ncn1nc(C34C[C@H]5C[C@@H](C3)CC(n3cnc(Cl)n3)(C5)C4)nc21. The van der Waals surface area contributed by atoms with Gasteiger partial charge in [0.15, 0.2) is 17.1 Å². The van der Waals surface area contributed by atoms with Crippen LogP contribution in [0.4, 0.5) is 0 Å². The number of aryl methyl sites for hydroxylation is 1. The van der Waals surface area contributed by atoms with Crippen molar-refractivity contribution in [3.8, 4) is 0 Å². The van der Waals surface area contributed by atoms with Crippen LogP contribution in [-0.4, -0.2) is 44.1 Å². The fraction of sp³-hybridized carbons (Fsp3) is 0.579. The van der Waals surface area contributed by atoms with E-state index in [0.717, 1.165) is 54.6 Å². The van der Waals surface area contributed by atoms with Crippen molar-refractivity contribution in [2.75, 3.05) is 0 Å². The molecule has 4 aromatic rings. The number of halogens is 1. The second-order valence-corrected chi connectivity index (χ2v) is 9.72. The summed E-state index contributed by atoms with van der Waals surface area (Å²) in [6.07, 6.45) is 12.3. The lowest BCUT2D eigenvalue weighted by atomic mass is 9.46. The summed E-state index contributed by atoms with van der Waals surface area (Å²) in [5, 5.41) is 15.1. The zero-order valence-electron chi connectivity index (χ0n) is 16.0. The fourth-order valence-electron chi connectivity index (χ4n) is 6.88. The second kappa shape index (κ2) is 5.13. The highest BCUT2D eigenvalue weighted by Crippen LogP contribution is 2.64. The van der Waals surface area contributed by atoms with E-state index >= 15 is 0 Å². The van der Waals surface area contributed by atoms with E-state index in [-0.39, 0.29) is 11.0 Å². The Morgan fingerprint density at radius 3 is 2.62 bits per heavy atom. The van der Waals surface area contributed by atoms with Crippen molar-refractivity contribution in [2.24, 2.45) is 18.9 Å². The van der Waals surface area contributed by atoms with Crippen LogP contribution in [0.2, 0.25) is 5.28 Å². The highest BCUT2D eigenvalue weighted by atomic mass is 35.5. The molecule has 8 rings (SSSR count). The lowest BCUT2D eigenvalue weighted by Gasteiger charge is -2.60. The maximum atomic E-state index is 6.08. The van der Waals surface area contributed by atoms with Gasteiger partial charge in [-0.15, -0.1) is 10.2 Å². The molecule has 4 fully saturated rings. The minimum absolute atomic E-state index is 0.0242. The van der Waals surface area contributed by atoms with Gasteiger partial charge in [-0.25, -0.2) is 24.1 Å². The van der Waals surface area contributed by atoms with Crippen LogP contribution in [0.25, 0.3) is 16.7 Å². The van der Waals surface area contributed by atoms with Gasteiger partial charge in [0.2, 0.25) is 5.28 Å². The van der Waals surface area contributed by atoms with Gasteiger partial charge in [-0.1, -0.05) is 0 Å². The summed E-state index contributed by atoms with van der Waals surface area (Å²) in [5.74, 6) is 2.28. The summed E-state index contributed by atoms with van der Waals surface area (Å²) < 4.78 is 5.63. The van der Waals surface area contributed by atoms with E-state index in [2.05, 4.69) is 20.2 Å². The van der Waals surface area contributed by atoms with Crippen molar-refractivity contribution in [3.05, 3.63) is 30.0 Å². The van der Waals surface area contributed by atoms with Crippen LogP contribution in [0.1, 0.15) is 44.3 Å². The zero-order chi connectivity index (χ0) is 19.4. The van der Waals surface area contributed by atoms with E-state index in [0.29, 0.717) is 17.1 Å². The normalized spacial score (nSPS) is 33.3. The van der Waals surface area contributed by atoms with Crippen LogP contribution < -0.4 is 0 Å². The van der Waals surface area contributed by atoms with E-state index in [1.54, 1.807) is 11.0 Å². The van der Waals surface area contributed by atoms with Crippen LogP contribution in [0.5, 0.6) is 0 Å². The van der Waals surface area contributed by atoms with Gasteiger partial charge in [-0.05, 0) is 62.0 Å². The molecule has 4 aromatic heterocycles. The van der Waals surface area contributed by atoms with E-state index in [1.807, 2.05) is 28.8 Å². The van der Waals surface area contributed by atoms with Crippen LogP contribution in [0, 0.1) is 11.8 Å². The highest BCUT2D eigenvalue weighted by molar-refractivity contribution is 6.28. The summed E-state index contributed by atoms with van der Waals surface area (Å²) in [7, 11) is 1.90. The number of hydrogen-bond donors (Lipinski definition) is 0. The second-order valence-electron chi connectivity index (χ2n) is 9.38. The molecule has 148 valence electrons. The Hall–Kier alpha value is -2.55. The lowest BCUT2D eigenvalue weighted by Crippen LogP contribution is -2.58. The lowest BCUT2D eigenvalue weighted by molar-refractivity contribution is -0.0715. The molecular formula is C19H20ClN9. The number of fused-ring (bicyclic) bond motifs is 3. The van der Waals surface area contributed by atoms with Gasteiger partial charge in [0.05, 0.1) is 17.1 Å². The Morgan fingerprint density at radius 2 is 1.86 bits per heavy atom. The van der Waals surface area contributed by atoms with Crippen molar-refractivity contribution in [2.45, 2.75) is 49.5 Å². The smallest absolute Gasteiger partial charge is 0.242 e. The molecule has 0 radical (unpaired) electrons. The third-order valence-corrected chi connectivity index (χ3v) is 7.70. The first-order valence-corrected chi connectivity index (χ1v) is 10.5. The molecule has 10 heteroatoms. The topological polar surface area (TPSA) is 91.6 Å². The molecule has 0 spiro atoms. The molecule has 29 heavy (non-hydrogen) atoms. The summed E-state index contributed by atoms with van der Waals surface area (Å²) in [6.45, 7) is 0. The highest BCUT2D eigenvalue weighted by Gasteiger charge is 2.61. The predicted molar refractivity (Wildman–Crippen MR) is 104 cm³/mol. The average molecular weight is 410 g/mol. The zero-order valence-corrected chi connectivity index (χ0v) is 16.8. The van der Waals surface area contributed by atoms with Crippen LogP contribution in [0.15, 0.2) is 18.9 Å². The number of nitrogens with zero attached hydrogens (tertiary/aromatic N) is 9. The van der Waals surface area contributed by atoms with Gasteiger partial charge in [-0.2, -0.15) is 5.10 Å². The molecular weight excluding hydrogens is 390 g/mol. The molecule has 0 N–H and O–H groups in total. The Labute approximate surface area is 171 Å². The molecule has 0 aliphatic heterocycles. The third kappa shape index (κ3) is 2.06. The molecule has 4 aliphatic rings. The van der Waals surface area contributed by atoms with Crippen molar-refractivity contribution < 1.29 is 0 Å². The first kappa shape index (κ1) is 16.3. The fourth-order valence-corrected chi connectivity index (χ4v) is 7.00. The summed E-state index contributed by atoms with van der Waals surface area (Å²) in [5.41, 5.74) is 1.62. The predicted octanol–water partition coefficient (Wildman–Crippen LogP) is 2.50. The minimum atomic E-state index is -0.0247. The van der Waals surface area contributed by atoms with Crippen LogP contribution >= 0.6 is 11.6 Å². The first-order chi connectivity index (χ1) is 14.0. The largest absolute Gasteiger partial charge is 0.250 e. The average Bonchev–Trinajstić information content (AvgIpc) is 3.39. The molecule has 0 amide bonds. The molecule has 2 unspecified atom stereocenters. The maximum absolute atomic E-state index is 6.08. The van der Waals surface area contributed by atoms with Gasteiger partial charge in [-0.3, -0.25) is 4.68 Å². The number of rotatable bonds is 2. The summed E-state index contributed by atoms with van der Waals surface area (Å²) in [4.78, 5) is 13.8. The Bertz CT molecular complexity index is 1270. The Morgan fingerprint density at radius 1 is 1.03 bits per heavy atom. The first-order valence-electron chi connectivity index (χ1n) is 10.1. The van der Waals surface area contributed by atoms with Crippen molar-refractivity contribution in [1.29, 1.82) is 0 Å². The molecule has 4 atom stereocenters. The summed E-state index contributed by atoms with van der Waals surface area (Å²) in [6, 6.07) is 0. The quantitative estimate of drug-likeness (QED) is 0.505.